The number of benzene rings is 1. The summed E-state index contributed by atoms with van der Waals surface area (Å²) in [5, 5.41) is 7.88. The predicted molar refractivity (Wildman–Crippen MR) is 110 cm³/mol. The van der Waals surface area contributed by atoms with Crippen molar-refractivity contribution in [2.45, 2.75) is 52.9 Å². The van der Waals surface area contributed by atoms with Crippen LogP contribution in [-0.4, -0.2) is 33.6 Å². The molecule has 0 aliphatic carbocycles. The summed E-state index contributed by atoms with van der Waals surface area (Å²) in [6.45, 7) is 7.02. The zero-order valence-electron chi connectivity index (χ0n) is 18.2. The van der Waals surface area contributed by atoms with Gasteiger partial charge >= 0.3 is 6.18 Å². The normalized spacial score (nSPS) is 16.2. The molecular formula is C22H23F3N4O3. The van der Waals surface area contributed by atoms with Crippen LogP contribution in [0.5, 0.6) is 5.75 Å². The highest BCUT2D eigenvalue weighted by atomic mass is 19.4. The van der Waals surface area contributed by atoms with Crippen LogP contribution >= 0.6 is 0 Å². The molecule has 3 aromatic rings. The molecule has 0 fully saturated rings. The van der Waals surface area contributed by atoms with Gasteiger partial charge in [-0.1, -0.05) is 23.4 Å². The monoisotopic (exact) mass is 448 g/mol. The van der Waals surface area contributed by atoms with E-state index in [1.54, 1.807) is 13.8 Å². The van der Waals surface area contributed by atoms with E-state index in [1.165, 1.54) is 11.0 Å². The van der Waals surface area contributed by atoms with Crippen molar-refractivity contribution in [3.8, 4) is 5.75 Å². The van der Waals surface area contributed by atoms with Gasteiger partial charge in [-0.05, 0) is 45.2 Å². The van der Waals surface area contributed by atoms with Gasteiger partial charge in [0.25, 0.3) is 5.91 Å². The summed E-state index contributed by atoms with van der Waals surface area (Å²) < 4.78 is 52.5. The lowest BCUT2D eigenvalue weighted by Gasteiger charge is -2.33. The van der Waals surface area contributed by atoms with Crippen molar-refractivity contribution in [2.24, 2.45) is 0 Å². The number of hydrogen-bond acceptors (Lipinski definition) is 5. The highest BCUT2D eigenvalue weighted by molar-refractivity contribution is 6.05. The van der Waals surface area contributed by atoms with Crippen LogP contribution in [0.4, 0.5) is 19.0 Å². The molecule has 1 aliphatic heterocycles. The lowest BCUT2D eigenvalue weighted by atomic mass is 10.1. The topological polar surface area (TPSA) is 73.4 Å². The van der Waals surface area contributed by atoms with E-state index in [9.17, 15) is 18.0 Å². The molecule has 170 valence electrons. The fourth-order valence-corrected chi connectivity index (χ4v) is 3.96. The molecule has 1 aliphatic rings. The van der Waals surface area contributed by atoms with Crippen molar-refractivity contribution in [1.82, 2.24) is 14.9 Å². The third-order valence-corrected chi connectivity index (χ3v) is 5.62. The highest BCUT2D eigenvalue weighted by Crippen LogP contribution is 2.40. The van der Waals surface area contributed by atoms with E-state index in [1.807, 2.05) is 32.0 Å². The van der Waals surface area contributed by atoms with Crippen LogP contribution in [0.3, 0.4) is 0 Å². The van der Waals surface area contributed by atoms with E-state index in [2.05, 4.69) is 10.3 Å². The Labute approximate surface area is 182 Å². The molecule has 0 N–H and O–H groups in total. The van der Waals surface area contributed by atoms with E-state index < -0.39 is 18.1 Å². The van der Waals surface area contributed by atoms with E-state index >= 15 is 0 Å². The van der Waals surface area contributed by atoms with Crippen molar-refractivity contribution < 1.29 is 27.2 Å². The fraction of sp³-hybridized carbons (Fsp3) is 0.409. The number of carbonyl (C=O) groups excluding carboxylic acids is 1. The third kappa shape index (κ3) is 3.85. The lowest BCUT2D eigenvalue weighted by Crippen LogP contribution is -2.43. The Kier molecular flexibility index (Phi) is 5.47. The maximum Gasteiger partial charge on any atom is 0.410 e. The number of para-hydroxylation sites is 1. The molecule has 3 heterocycles. The summed E-state index contributed by atoms with van der Waals surface area (Å²) in [6, 6.07) is 5.45. The predicted octanol–water partition coefficient (Wildman–Crippen LogP) is 4.84. The number of hydrogen-bond donors (Lipinski definition) is 0. The molecule has 10 heteroatoms. The largest absolute Gasteiger partial charge is 0.488 e. The van der Waals surface area contributed by atoms with Gasteiger partial charge in [-0.3, -0.25) is 9.69 Å². The van der Waals surface area contributed by atoms with Crippen LogP contribution in [-0.2, 0) is 6.61 Å². The van der Waals surface area contributed by atoms with Crippen LogP contribution in [0.2, 0.25) is 0 Å². The molecule has 2 aromatic heterocycles. The number of rotatable bonds is 4. The second kappa shape index (κ2) is 7.99. The summed E-state index contributed by atoms with van der Waals surface area (Å²) in [5.74, 6) is 0.646. The number of alkyl halides is 3. The second-order valence-electron chi connectivity index (χ2n) is 7.97. The Morgan fingerprint density at radius 3 is 2.56 bits per heavy atom. The number of halogens is 3. The average molecular weight is 448 g/mol. The smallest absolute Gasteiger partial charge is 0.410 e. The standard InChI is InChI=1S/C22H23F3N4O3/c1-12-6-5-7-13(2)20(12)31-11-16-15(4)32-27-19(16)21(30)28-9-8-17(22(23,24)25)29-18(28)10-14(3)26-29/h5-7,10,17H,8-9,11H2,1-4H3. The van der Waals surface area contributed by atoms with Gasteiger partial charge in [0, 0.05) is 12.6 Å². The van der Waals surface area contributed by atoms with Crippen molar-refractivity contribution >= 4 is 11.7 Å². The molecular weight excluding hydrogens is 425 g/mol. The number of amides is 1. The number of ether oxygens (including phenoxy) is 1. The van der Waals surface area contributed by atoms with E-state index in [4.69, 9.17) is 9.26 Å². The first-order valence-electron chi connectivity index (χ1n) is 10.2. The van der Waals surface area contributed by atoms with Gasteiger partial charge in [0.1, 0.15) is 23.9 Å². The number of carbonyl (C=O) groups is 1. The first kappa shape index (κ1) is 21.9. The molecule has 0 saturated heterocycles. The minimum Gasteiger partial charge on any atom is -0.488 e. The van der Waals surface area contributed by atoms with E-state index in [0.29, 0.717) is 22.8 Å². The highest BCUT2D eigenvalue weighted by Gasteiger charge is 2.46. The van der Waals surface area contributed by atoms with Gasteiger partial charge < -0.3 is 9.26 Å². The van der Waals surface area contributed by atoms with Gasteiger partial charge in [0.05, 0.1) is 11.3 Å². The minimum absolute atomic E-state index is 0.0181. The van der Waals surface area contributed by atoms with Gasteiger partial charge in [-0.2, -0.15) is 18.3 Å². The Morgan fingerprint density at radius 1 is 1.22 bits per heavy atom. The molecule has 1 unspecified atom stereocenters. The molecule has 0 radical (unpaired) electrons. The van der Waals surface area contributed by atoms with Crippen molar-refractivity contribution in [3.05, 3.63) is 58.1 Å². The van der Waals surface area contributed by atoms with E-state index in [-0.39, 0.29) is 31.1 Å². The third-order valence-electron chi connectivity index (χ3n) is 5.62. The van der Waals surface area contributed by atoms with Crippen molar-refractivity contribution in [1.29, 1.82) is 0 Å². The van der Waals surface area contributed by atoms with Gasteiger partial charge in [0.2, 0.25) is 0 Å². The first-order valence-corrected chi connectivity index (χ1v) is 10.2. The van der Waals surface area contributed by atoms with Crippen LogP contribution in [0.15, 0.2) is 28.8 Å². The molecule has 1 aromatic carbocycles. The average Bonchev–Trinajstić information content (AvgIpc) is 3.27. The Balaban J connectivity index is 1.63. The SMILES string of the molecule is Cc1cc2n(n1)C(C(F)(F)F)CCN2C(=O)c1noc(C)c1COc1c(C)cccc1C. The second-order valence-corrected chi connectivity index (χ2v) is 7.97. The van der Waals surface area contributed by atoms with Gasteiger partial charge in [0.15, 0.2) is 11.7 Å². The first-order chi connectivity index (χ1) is 15.1. The van der Waals surface area contributed by atoms with Gasteiger partial charge in [-0.15, -0.1) is 0 Å². The fourth-order valence-electron chi connectivity index (χ4n) is 3.96. The molecule has 0 saturated carbocycles. The maximum atomic E-state index is 13.5. The Bertz CT molecular complexity index is 1150. The lowest BCUT2D eigenvalue weighted by molar-refractivity contribution is -0.172. The molecule has 4 rings (SSSR count). The van der Waals surface area contributed by atoms with Crippen LogP contribution < -0.4 is 9.64 Å². The number of fused-ring (bicyclic) bond motifs is 1. The maximum absolute atomic E-state index is 13.5. The summed E-state index contributed by atoms with van der Waals surface area (Å²) in [6.07, 6.45) is -4.76. The molecule has 1 atom stereocenters. The molecule has 32 heavy (non-hydrogen) atoms. The van der Waals surface area contributed by atoms with Gasteiger partial charge in [-0.25, -0.2) is 4.68 Å². The summed E-state index contributed by atoms with van der Waals surface area (Å²) in [7, 11) is 0. The van der Waals surface area contributed by atoms with E-state index in [0.717, 1.165) is 15.8 Å². The Hall–Kier alpha value is -3.30. The summed E-state index contributed by atoms with van der Waals surface area (Å²) in [4.78, 5) is 14.6. The van der Waals surface area contributed by atoms with Crippen molar-refractivity contribution in [3.63, 3.8) is 0 Å². The number of aryl methyl sites for hydroxylation is 4. The summed E-state index contributed by atoms with van der Waals surface area (Å²) in [5.41, 5.74) is 2.76. The zero-order chi connectivity index (χ0) is 23.2. The van der Waals surface area contributed by atoms with Crippen molar-refractivity contribution in [2.75, 3.05) is 11.4 Å². The summed E-state index contributed by atoms with van der Waals surface area (Å²) >= 11 is 0. The van der Waals surface area contributed by atoms with Crippen LogP contribution in [0.1, 0.15) is 51.1 Å². The van der Waals surface area contributed by atoms with Crippen LogP contribution in [0, 0.1) is 27.7 Å². The zero-order valence-corrected chi connectivity index (χ0v) is 18.2. The molecule has 7 nitrogen and oxygen atoms in total. The Morgan fingerprint density at radius 2 is 1.91 bits per heavy atom. The molecule has 0 spiro atoms. The number of aromatic nitrogens is 3. The number of nitrogens with zero attached hydrogens (tertiary/aromatic N) is 4. The minimum atomic E-state index is -4.46. The molecule has 0 bridgehead atoms. The number of anilines is 1. The quantitative estimate of drug-likeness (QED) is 0.571. The van der Waals surface area contributed by atoms with Crippen LogP contribution in [0.25, 0.3) is 0 Å². The molecule has 1 amide bonds.